The van der Waals surface area contributed by atoms with Crippen LogP contribution in [0.4, 0.5) is 0 Å². The van der Waals surface area contributed by atoms with Crippen molar-refractivity contribution in [3.63, 3.8) is 0 Å². The normalized spacial score (nSPS) is 11.6. The first kappa shape index (κ1) is 12.7. The summed E-state index contributed by atoms with van der Waals surface area (Å²) in [6.45, 7) is 0. The second kappa shape index (κ2) is 5.76. The van der Waals surface area contributed by atoms with Gasteiger partial charge in [0.05, 0.1) is 12.0 Å². The summed E-state index contributed by atoms with van der Waals surface area (Å²) in [5.41, 5.74) is 3.30. The largest absolute Gasteiger partial charge is 0.306 e. The number of benzene rings is 2. The van der Waals surface area contributed by atoms with E-state index < -0.39 is 0 Å². The Morgan fingerprint density at radius 2 is 1.75 bits per heavy atom. The van der Waals surface area contributed by atoms with E-state index in [1.807, 2.05) is 53.2 Å². The Morgan fingerprint density at radius 1 is 1.00 bits per heavy atom. The molecular weight excluding hydrogens is 268 g/mol. The van der Waals surface area contributed by atoms with Crippen LogP contribution in [0.25, 0.3) is 11.8 Å². The van der Waals surface area contributed by atoms with Crippen LogP contribution in [0.15, 0.2) is 73.3 Å². The first-order chi connectivity index (χ1) is 9.83. The lowest BCUT2D eigenvalue weighted by atomic mass is 10.1. The van der Waals surface area contributed by atoms with Crippen molar-refractivity contribution in [1.82, 2.24) is 9.55 Å². The van der Waals surface area contributed by atoms with E-state index >= 15 is 0 Å². The molecule has 0 spiro atoms. The summed E-state index contributed by atoms with van der Waals surface area (Å²) in [5, 5.41) is 0.735. The van der Waals surface area contributed by atoms with Gasteiger partial charge in [0.2, 0.25) is 0 Å². The van der Waals surface area contributed by atoms with Crippen molar-refractivity contribution in [3.05, 3.63) is 89.5 Å². The van der Waals surface area contributed by atoms with Crippen LogP contribution in [0.1, 0.15) is 11.1 Å². The second-order valence-electron chi connectivity index (χ2n) is 4.42. The van der Waals surface area contributed by atoms with Crippen molar-refractivity contribution in [3.8, 4) is 0 Å². The highest BCUT2D eigenvalue weighted by molar-refractivity contribution is 6.30. The number of halogens is 1. The van der Waals surface area contributed by atoms with Gasteiger partial charge in [-0.25, -0.2) is 4.98 Å². The molecule has 0 saturated carbocycles. The maximum atomic E-state index is 5.96. The third kappa shape index (κ3) is 2.81. The van der Waals surface area contributed by atoms with Crippen LogP contribution in [0.5, 0.6) is 0 Å². The Hall–Kier alpha value is -2.32. The average molecular weight is 281 g/mol. The van der Waals surface area contributed by atoms with Gasteiger partial charge in [-0.15, -0.1) is 0 Å². The summed E-state index contributed by atoms with van der Waals surface area (Å²) in [7, 11) is 0. The van der Waals surface area contributed by atoms with Gasteiger partial charge in [-0.3, -0.25) is 0 Å². The monoisotopic (exact) mass is 280 g/mol. The molecule has 1 heterocycles. The van der Waals surface area contributed by atoms with Crippen molar-refractivity contribution in [2.45, 2.75) is 0 Å². The summed E-state index contributed by atoms with van der Waals surface area (Å²) in [4.78, 5) is 4.12. The fourth-order valence-corrected chi connectivity index (χ4v) is 2.16. The molecule has 1 aromatic heterocycles. The van der Waals surface area contributed by atoms with Gasteiger partial charge in [0.25, 0.3) is 0 Å². The minimum atomic E-state index is 0.735. The number of aromatic nitrogens is 2. The molecule has 2 nitrogen and oxygen atoms in total. The Morgan fingerprint density at radius 3 is 2.40 bits per heavy atom. The lowest BCUT2D eigenvalue weighted by Crippen LogP contribution is -1.96. The first-order valence-corrected chi connectivity index (χ1v) is 6.72. The van der Waals surface area contributed by atoms with E-state index in [4.69, 9.17) is 11.6 Å². The molecular formula is C17H13ClN2. The van der Waals surface area contributed by atoms with Gasteiger partial charge in [-0.2, -0.15) is 0 Å². The van der Waals surface area contributed by atoms with Crippen LogP contribution in [-0.4, -0.2) is 9.55 Å². The van der Waals surface area contributed by atoms with Crippen molar-refractivity contribution in [2.75, 3.05) is 0 Å². The molecule has 0 N–H and O–H groups in total. The molecule has 0 saturated heterocycles. The van der Waals surface area contributed by atoms with E-state index in [9.17, 15) is 0 Å². The average Bonchev–Trinajstić information content (AvgIpc) is 3.01. The summed E-state index contributed by atoms with van der Waals surface area (Å²) in [6, 6.07) is 18.0. The smallest absolute Gasteiger partial charge is 0.0991 e. The number of hydrogen-bond acceptors (Lipinski definition) is 1. The summed E-state index contributed by atoms with van der Waals surface area (Å²) < 4.78 is 2.00. The van der Waals surface area contributed by atoms with E-state index in [0.717, 1.165) is 21.8 Å². The molecule has 0 radical (unpaired) electrons. The second-order valence-corrected chi connectivity index (χ2v) is 4.85. The molecule has 98 valence electrons. The van der Waals surface area contributed by atoms with E-state index in [-0.39, 0.29) is 0 Å². The zero-order chi connectivity index (χ0) is 13.8. The SMILES string of the molecule is Clc1ccc(/C(=C/c2ccccc2)n2ccnc2)cc1. The Kier molecular flexibility index (Phi) is 3.66. The molecule has 0 amide bonds. The summed E-state index contributed by atoms with van der Waals surface area (Å²) >= 11 is 5.96. The van der Waals surface area contributed by atoms with E-state index in [2.05, 4.69) is 23.2 Å². The van der Waals surface area contributed by atoms with Gasteiger partial charge in [0, 0.05) is 17.4 Å². The Labute approximate surface area is 123 Å². The summed E-state index contributed by atoms with van der Waals surface area (Å²) in [6.07, 6.45) is 7.63. The van der Waals surface area contributed by atoms with Crippen LogP contribution >= 0.6 is 11.6 Å². The minimum absolute atomic E-state index is 0.735. The molecule has 3 heteroatoms. The van der Waals surface area contributed by atoms with Crippen LogP contribution in [-0.2, 0) is 0 Å². The van der Waals surface area contributed by atoms with Gasteiger partial charge < -0.3 is 4.57 Å². The highest BCUT2D eigenvalue weighted by atomic mass is 35.5. The minimum Gasteiger partial charge on any atom is -0.306 e. The van der Waals surface area contributed by atoms with Crippen molar-refractivity contribution < 1.29 is 0 Å². The predicted molar refractivity (Wildman–Crippen MR) is 83.4 cm³/mol. The maximum Gasteiger partial charge on any atom is 0.0991 e. The molecule has 0 bridgehead atoms. The fraction of sp³-hybridized carbons (Fsp3) is 0. The lowest BCUT2D eigenvalue weighted by molar-refractivity contribution is 1.09. The molecule has 3 rings (SSSR count). The molecule has 0 aliphatic heterocycles. The first-order valence-electron chi connectivity index (χ1n) is 6.34. The zero-order valence-corrected chi connectivity index (χ0v) is 11.5. The maximum absolute atomic E-state index is 5.96. The number of hydrogen-bond donors (Lipinski definition) is 0. The van der Waals surface area contributed by atoms with Crippen LogP contribution < -0.4 is 0 Å². The molecule has 0 aliphatic carbocycles. The Balaban J connectivity index is 2.10. The van der Waals surface area contributed by atoms with E-state index in [1.54, 1.807) is 12.5 Å². The lowest BCUT2D eigenvalue weighted by Gasteiger charge is -2.09. The fourth-order valence-electron chi connectivity index (χ4n) is 2.04. The quantitative estimate of drug-likeness (QED) is 0.642. The van der Waals surface area contributed by atoms with Gasteiger partial charge >= 0.3 is 0 Å². The number of imidazole rings is 1. The molecule has 0 atom stereocenters. The van der Waals surface area contributed by atoms with Crippen molar-refractivity contribution in [1.29, 1.82) is 0 Å². The van der Waals surface area contributed by atoms with E-state index in [1.165, 1.54) is 0 Å². The molecule has 3 aromatic rings. The molecule has 0 fully saturated rings. The highest BCUT2D eigenvalue weighted by Gasteiger charge is 2.04. The molecule has 20 heavy (non-hydrogen) atoms. The van der Waals surface area contributed by atoms with Gasteiger partial charge in [-0.05, 0) is 29.3 Å². The summed E-state index contributed by atoms with van der Waals surface area (Å²) in [5.74, 6) is 0. The Bertz CT molecular complexity index is 699. The predicted octanol–water partition coefficient (Wildman–Crippen LogP) is 4.58. The van der Waals surface area contributed by atoms with Crippen LogP contribution in [0, 0.1) is 0 Å². The third-order valence-electron chi connectivity index (χ3n) is 3.03. The van der Waals surface area contributed by atoms with Crippen molar-refractivity contribution >= 4 is 23.4 Å². The van der Waals surface area contributed by atoms with E-state index in [0.29, 0.717) is 0 Å². The van der Waals surface area contributed by atoms with Gasteiger partial charge in [0.15, 0.2) is 0 Å². The standard InChI is InChI=1S/C17H13ClN2/c18-16-8-6-15(7-9-16)17(20-11-10-19-13-20)12-14-4-2-1-3-5-14/h1-13H/b17-12-. The van der Waals surface area contributed by atoms with Gasteiger partial charge in [0.1, 0.15) is 0 Å². The number of rotatable bonds is 3. The van der Waals surface area contributed by atoms with Gasteiger partial charge in [-0.1, -0.05) is 54.1 Å². The zero-order valence-electron chi connectivity index (χ0n) is 10.8. The molecule has 2 aromatic carbocycles. The number of nitrogens with zero attached hydrogens (tertiary/aromatic N) is 2. The van der Waals surface area contributed by atoms with Crippen molar-refractivity contribution in [2.24, 2.45) is 0 Å². The topological polar surface area (TPSA) is 17.8 Å². The van der Waals surface area contributed by atoms with Crippen LogP contribution in [0.3, 0.4) is 0 Å². The third-order valence-corrected chi connectivity index (χ3v) is 3.28. The molecule has 0 unspecified atom stereocenters. The van der Waals surface area contributed by atoms with Crippen LogP contribution in [0.2, 0.25) is 5.02 Å². The highest BCUT2D eigenvalue weighted by Crippen LogP contribution is 2.22. The molecule has 0 aliphatic rings.